The fourth-order valence-electron chi connectivity index (χ4n) is 14.3. The summed E-state index contributed by atoms with van der Waals surface area (Å²) in [7, 11) is 1.39. The van der Waals surface area contributed by atoms with Gasteiger partial charge in [-0.25, -0.2) is 4.79 Å². The molecule has 0 aromatic heterocycles. The Morgan fingerprint density at radius 2 is 1.04 bits per heavy atom. The smallest absolute Gasteiger partial charge is 0.408 e. The van der Waals surface area contributed by atoms with Crippen molar-refractivity contribution in [3.8, 4) is 0 Å². The molecular formula is C66H90N4O15. The molecule has 0 aliphatic heterocycles. The maximum atomic E-state index is 14.8. The number of carbonyl (C=O) groups excluding carboxylic acids is 8. The summed E-state index contributed by atoms with van der Waals surface area (Å²) in [5.74, 6) is -4.18. The minimum Gasteiger partial charge on any atom is -0.469 e. The van der Waals surface area contributed by atoms with Gasteiger partial charge in [0.25, 0.3) is 0 Å². The summed E-state index contributed by atoms with van der Waals surface area (Å²) in [6, 6.07) is 22.3. The molecule has 19 nitrogen and oxygen atoms in total. The first kappa shape index (κ1) is 65.7. The third-order valence-electron chi connectivity index (χ3n) is 18.8. The van der Waals surface area contributed by atoms with Crippen LogP contribution in [0.3, 0.4) is 0 Å². The number of esters is 4. The zero-order valence-corrected chi connectivity index (χ0v) is 50.5. The van der Waals surface area contributed by atoms with E-state index in [1.165, 1.54) is 7.11 Å². The van der Waals surface area contributed by atoms with Crippen molar-refractivity contribution in [3.05, 3.63) is 108 Å². The lowest BCUT2D eigenvalue weighted by Crippen LogP contribution is -2.63. The second kappa shape index (κ2) is 30.0. The van der Waals surface area contributed by atoms with E-state index in [0.29, 0.717) is 44.9 Å². The Balaban J connectivity index is 1.08. The van der Waals surface area contributed by atoms with Gasteiger partial charge >= 0.3 is 30.0 Å². The molecule has 4 aliphatic carbocycles. The number of aliphatic hydroxyl groups excluding tert-OH is 2. The van der Waals surface area contributed by atoms with E-state index in [9.17, 15) is 48.6 Å². The summed E-state index contributed by atoms with van der Waals surface area (Å²) in [6.07, 6.45) is 1.58. The Hall–Kier alpha value is -6.86. The van der Waals surface area contributed by atoms with Gasteiger partial charge in [0.05, 0.1) is 19.3 Å². The molecule has 0 spiro atoms. The SMILES string of the molecule is COC(=O)CCC(C)[C@H]1CC[C@H]2[C@@H]3[C@H](O)C[C@@H]4C[C@@H](NC(=O)C(CCC(=O)OCc5ccccc5)NC(=O)C(CCC(=O)OCc5ccccc5)NC(=O)C(CCC(=O)OCc5ccccc5)NC(=O)OC(C)(C)C)CC[C@]4(C)[C@H]3C[C@H](O)[C@]12C. The number of hydrogen-bond acceptors (Lipinski definition) is 15. The number of methoxy groups -OCH3 is 1. The molecule has 4 fully saturated rings. The van der Waals surface area contributed by atoms with E-state index in [4.69, 9.17) is 23.7 Å². The van der Waals surface area contributed by atoms with Crippen LogP contribution in [0.4, 0.5) is 4.79 Å². The summed E-state index contributed by atoms with van der Waals surface area (Å²) in [4.78, 5) is 109. The van der Waals surface area contributed by atoms with Crippen LogP contribution >= 0.6 is 0 Å². The van der Waals surface area contributed by atoms with E-state index < -0.39 is 89.1 Å². The first-order valence-electron chi connectivity index (χ1n) is 30.4. The molecule has 3 aromatic rings. The highest BCUT2D eigenvalue weighted by molar-refractivity contribution is 5.94. The number of nitrogens with one attached hydrogen (secondary N) is 4. The van der Waals surface area contributed by atoms with Crippen LogP contribution in [0.15, 0.2) is 91.0 Å². The molecule has 0 radical (unpaired) electrons. The number of rotatable bonds is 26. The number of hydrogen-bond donors (Lipinski definition) is 6. The molecule has 3 aromatic carbocycles. The zero-order chi connectivity index (χ0) is 61.5. The third kappa shape index (κ3) is 17.9. The standard InChI is InChI=1S/C66H90N4O15/c1-41(23-29-55(73)81-7)47-24-25-48-59-49(37-54(72)66(47,48)6)65(5)34-33-46(35-45(65)36-53(59)71)67-60(77)50(26-30-56(74)82-38-42-17-11-8-12-18-42)68-61(78)51(27-31-57(75)83-39-43-19-13-9-14-20-43)69-62(79)52(70-63(80)85-64(2,3)4)28-32-58(76)84-40-44-21-15-10-16-22-44/h8-22,41,45-54,59,71-72H,23-40H2,1-7H3,(H,67,77)(H,68,78)(H,69,79)(H,70,80)/t41?,45-,46-,47+,48-,49-,50?,51?,52?,53+,54-,59-,65-,66+/m0/s1. The molecule has 6 N–H and O–H groups in total. The van der Waals surface area contributed by atoms with E-state index in [2.05, 4.69) is 42.0 Å². The van der Waals surface area contributed by atoms with Gasteiger partial charge in [-0.1, -0.05) is 112 Å². The normalized spacial score (nSPS) is 26.4. The molecule has 4 amide bonds. The van der Waals surface area contributed by atoms with Crippen molar-refractivity contribution in [2.45, 2.75) is 200 Å². The minimum atomic E-state index is -1.52. The molecule has 19 heteroatoms. The Kier molecular flexibility index (Phi) is 23.2. The first-order chi connectivity index (χ1) is 40.5. The lowest BCUT2D eigenvalue weighted by molar-refractivity contribution is -0.202. The lowest BCUT2D eigenvalue weighted by Gasteiger charge is -2.63. The number of aliphatic hydroxyl groups is 2. The van der Waals surface area contributed by atoms with Crippen LogP contribution in [0.5, 0.6) is 0 Å². The summed E-state index contributed by atoms with van der Waals surface area (Å²) in [6.45, 7) is 11.4. The van der Waals surface area contributed by atoms with Gasteiger partial charge in [0.1, 0.15) is 43.5 Å². The molecule has 14 atom stereocenters. The van der Waals surface area contributed by atoms with E-state index >= 15 is 0 Å². The van der Waals surface area contributed by atoms with Gasteiger partial charge in [-0.05, 0) is 154 Å². The van der Waals surface area contributed by atoms with Crippen molar-refractivity contribution >= 4 is 47.7 Å². The van der Waals surface area contributed by atoms with Crippen LogP contribution in [0, 0.1) is 46.3 Å². The first-order valence-corrected chi connectivity index (χ1v) is 30.4. The second-order valence-corrected chi connectivity index (χ2v) is 25.5. The second-order valence-electron chi connectivity index (χ2n) is 25.5. The molecule has 4 unspecified atom stereocenters. The zero-order valence-electron chi connectivity index (χ0n) is 50.5. The van der Waals surface area contributed by atoms with Crippen molar-refractivity contribution in [2.75, 3.05) is 7.11 Å². The van der Waals surface area contributed by atoms with Gasteiger partial charge in [-0.15, -0.1) is 0 Å². The van der Waals surface area contributed by atoms with Crippen LogP contribution in [0.25, 0.3) is 0 Å². The van der Waals surface area contributed by atoms with Crippen molar-refractivity contribution in [1.29, 1.82) is 0 Å². The molecular weight excluding hydrogens is 1090 g/mol. The molecule has 7 rings (SSSR count). The number of carbonyl (C=O) groups is 8. The Bertz CT molecular complexity index is 2740. The average Bonchev–Trinajstić information content (AvgIpc) is 1.70. The molecule has 0 bridgehead atoms. The van der Waals surface area contributed by atoms with Crippen molar-refractivity contribution in [3.63, 3.8) is 0 Å². The molecule has 85 heavy (non-hydrogen) atoms. The highest BCUT2D eigenvalue weighted by Gasteiger charge is 2.66. The van der Waals surface area contributed by atoms with Gasteiger partial charge in [0.2, 0.25) is 17.7 Å². The number of ether oxygens (including phenoxy) is 5. The highest BCUT2D eigenvalue weighted by Crippen LogP contribution is 2.68. The maximum Gasteiger partial charge on any atom is 0.408 e. The van der Waals surface area contributed by atoms with E-state index in [-0.39, 0.29) is 105 Å². The molecule has 4 aliphatic rings. The number of amides is 4. The molecule has 4 saturated carbocycles. The van der Waals surface area contributed by atoms with Gasteiger partial charge in [-0.3, -0.25) is 33.6 Å². The van der Waals surface area contributed by atoms with Crippen LogP contribution in [0.1, 0.15) is 155 Å². The monoisotopic (exact) mass is 1180 g/mol. The van der Waals surface area contributed by atoms with Gasteiger partial charge in [0, 0.05) is 31.7 Å². The molecule has 0 saturated heterocycles. The summed E-state index contributed by atoms with van der Waals surface area (Å²) < 4.78 is 27.0. The van der Waals surface area contributed by atoms with Gasteiger partial charge in [0.15, 0.2) is 0 Å². The Morgan fingerprint density at radius 1 is 0.576 bits per heavy atom. The van der Waals surface area contributed by atoms with Crippen LogP contribution in [0.2, 0.25) is 0 Å². The highest BCUT2D eigenvalue weighted by atomic mass is 16.6. The number of fused-ring (bicyclic) bond motifs is 5. The van der Waals surface area contributed by atoms with Crippen molar-refractivity contribution < 1.29 is 72.3 Å². The van der Waals surface area contributed by atoms with Gasteiger partial charge < -0.3 is 55.2 Å². The van der Waals surface area contributed by atoms with Crippen LogP contribution in [-0.4, -0.2) is 107 Å². The van der Waals surface area contributed by atoms with Crippen LogP contribution < -0.4 is 21.3 Å². The Morgan fingerprint density at radius 3 is 1.51 bits per heavy atom. The lowest BCUT2D eigenvalue weighted by atomic mass is 9.43. The summed E-state index contributed by atoms with van der Waals surface area (Å²) in [5.41, 5.74) is 0.547. The predicted octanol–water partition coefficient (Wildman–Crippen LogP) is 8.09. The maximum absolute atomic E-state index is 14.8. The third-order valence-corrected chi connectivity index (χ3v) is 18.8. The topological polar surface area (TPSA) is 271 Å². The number of alkyl carbamates (subject to hydrolysis) is 1. The van der Waals surface area contributed by atoms with E-state index in [1.54, 1.807) is 81.4 Å². The largest absolute Gasteiger partial charge is 0.469 e. The Labute approximate surface area is 500 Å². The predicted molar refractivity (Wildman–Crippen MR) is 314 cm³/mol. The fourth-order valence-corrected chi connectivity index (χ4v) is 14.3. The fraction of sp³-hybridized carbons (Fsp3) is 0.606. The van der Waals surface area contributed by atoms with E-state index in [1.807, 2.05) is 30.3 Å². The molecule has 0 heterocycles. The van der Waals surface area contributed by atoms with Crippen molar-refractivity contribution in [2.24, 2.45) is 46.3 Å². The minimum absolute atomic E-state index is 0.0225. The molecule has 464 valence electrons. The average molecular weight is 1180 g/mol. The van der Waals surface area contributed by atoms with Gasteiger partial charge in [-0.2, -0.15) is 0 Å². The van der Waals surface area contributed by atoms with E-state index in [0.717, 1.165) is 29.5 Å². The summed E-state index contributed by atoms with van der Waals surface area (Å²) >= 11 is 0. The quantitative estimate of drug-likeness (QED) is 0.0327. The van der Waals surface area contributed by atoms with Crippen molar-refractivity contribution in [1.82, 2.24) is 21.3 Å². The number of benzene rings is 3. The summed E-state index contributed by atoms with van der Waals surface area (Å²) in [5, 5.41) is 35.6. The van der Waals surface area contributed by atoms with Crippen LogP contribution in [-0.2, 0) is 77.1 Å².